The van der Waals surface area contributed by atoms with Gasteiger partial charge in [0.2, 0.25) is 5.91 Å². The van der Waals surface area contributed by atoms with E-state index >= 15 is 0 Å². The Bertz CT molecular complexity index is 872. The van der Waals surface area contributed by atoms with Gasteiger partial charge in [-0.2, -0.15) is 0 Å². The van der Waals surface area contributed by atoms with Crippen LogP contribution in [0.5, 0.6) is 0 Å². The van der Waals surface area contributed by atoms with Crippen molar-refractivity contribution < 1.29 is 14.3 Å². The Morgan fingerprint density at radius 1 is 1.14 bits per heavy atom. The topological polar surface area (TPSA) is 67.4 Å². The number of benzene rings is 2. The maximum absolute atomic E-state index is 12.7. The Hall–Kier alpha value is -2.37. The van der Waals surface area contributed by atoms with E-state index in [1.807, 2.05) is 24.3 Å². The largest absolute Gasteiger partial charge is 0.376 e. The Morgan fingerprint density at radius 3 is 2.57 bits per heavy atom. The molecule has 0 spiro atoms. The lowest BCUT2D eigenvalue weighted by atomic mass is 9.94. The summed E-state index contributed by atoms with van der Waals surface area (Å²) in [5.74, 6) is -0.149. The standard InChI is InChI=1S/C22H23ClN2O3/c23-17-4-1-3-15(13-17)20(26)25-18-8-6-16(7-9-18)22(10-11-22)21(27)24-14-19-5-2-12-28-19/h1,3-4,6-9,13,19H,2,5,10-12,14H2,(H,24,27)(H,25,26). The second-order valence-corrected chi connectivity index (χ2v) is 7.91. The summed E-state index contributed by atoms with van der Waals surface area (Å²) in [6.45, 7) is 1.36. The summed E-state index contributed by atoms with van der Waals surface area (Å²) in [6.07, 6.45) is 3.91. The van der Waals surface area contributed by atoms with E-state index in [9.17, 15) is 9.59 Å². The first-order valence-electron chi connectivity index (χ1n) is 9.64. The maximum Gasteiger partial charge on any atom is 0.255 e. The van der Waals surface area contributed by atoms with Gasteiger partial charge in [0.15, 0.2) is 0 Å². The van der Waals surface area contributed by atoms with Crippen LogP contribution in [0.3, 0.4) is 0 Å². The molecule has 1 aliphatic heterocycles. The zero-order valence-corrected chi connectivity index (χ0v) is 16.3. The number of carbonyl (C=O) groups excluding carboxylic acids is 2. The minimum absolute atomic E-state index is 0.0683. The molecule has 1 unspecified atom stereocenters. The Kier molecular flexibility index (Phi) is 5.38. The van der Waals surface area contributed by atoms with Crippen molar-refractivity contribution in [1.29, 1.82) is 0 Å². The van der Waals surface area contributed by atoms with Gasteiger partial charge in [0, 0.05) is 29.4 Å². The van der Waals surface area contributed by atoms with Crippen LogP contribution < -0.4 is 10.6 Å². The summed E-state index contributed by atoms with van der Waals surface area (Å²) < 4.78 is 5.58. The van der Waals surface area contributed by atoms with Gasteiger partial charge >= 0.3 is 0 Å². The highest BCUT2D eigenvalue weighted by Gasteiger charge is 2.51. The van der Waals surface area contributed by atoms with E-state index in [0.717, 1.165) is 37.9 Å². The summed E-state index contributed by atoms with van der Waals surface area (Å²) in [5, 5.41) is 6.44. The van der Waals surface area contributed by atoms with Crippen molar-refractivity contribution >= 4 is 29.1 Å². The smallest absolute Gasteiger partial charge is 0.255 e. The molecule has 2 fully saturated rings. The predicted molar refractivity (Wildman–Crippen MR) is 109 cm³/mol. The van der Waals surface area contributed by atoms with Crippen LogP contribution in [0.2, 0.25) is 5.02 Å². The van der Waals surface area contributed by atoms with E-state index in [2.05, 4.69) is 10.6 Å². The summed E-state index contributed by atoms with van der Waals surface area (Å²) in [6, 6.07) is 14.3. The first kappa shape index (κ1) is 19.0. The Balaban J connectivity index is 1.38. The van der Waals surface area contributed by atoms with Crippen LogP contribution >= 0.6 is 11.6 Å². The molecule has 1 heterocycles. The van der Waals surface area contributed by atoms with Crippen molar-refractivity contribution in [2.45, 2.75) is 37.2 Å². The molecule has 2 amide bonds. The third kappa shape index (κ3) is 4.05. The van der Waals surface area contributed by atoms with Crippen LogP contribution in [0.1, 0.15) is 41.6 Å². The van der Waals surface area contributed by atoms with Crippen LogP contribution in [0.15, 0.2) is 48.5 Å². The lowest BCUT2D eigenvalue weighted by molar-refractivity contribution is -0.124. The fourth-order valence-electron chi connectivity index (χ4n) is 3.66. The number of rotatable bonds is 6. The fourth-order valence-corrected chi connectivity index (χ4v) is 3.85. The zero-order chi connectivity index (χ0) is 19.6. The number of hydrogen-bond donors (Lipinski definition) is 2. The van der Waals surface area contributed by atoms with Crippen LogP contribution in [0.4, 0.5) is 5.69 Å². The van der Waals surface area contributed by atoms with Crippen LogP contribution in [-0.2, 0) is 14.9 Å². The van der Waals surface area contributed by atoms with Gasteiger partial charge in [-0.3, -0.25) is 9.59 Å². The van der Waals surface area contributed by atoms with Gasteiger partial charge in [0.05, 0.1) is 11.5 Å². The number of carbonyl (C=O) groups is 2. The molecule has 0 radical (unpaired) electrons. The molecule has 2 aromatic rings. The van der Waals surface area contributed by atoms with E-state index in [0.29, 0.717) is 22.8 Å². The number of halogens is 1. The van der Waals surface area contributed by atoms with Crippen LogP contribution in [-0.4, -0.2) is 31.1 Å². The SMILES string of the molecule is O=C(Nc1ccc(C2(C(=O)NCC3CCCO3)CC2)cc1)c1cccc(Cl)c1. The molecule has 0 aromatic heterocycles. The zero-order valence-electron chi connectivity index (χ0n) is 15.5. The molecule has 146 valence electrons. The molecular weight excluding hydrogens is 376 g/mol. The van der Waals surface area contributed by atoms with E-state index in [1.165, 1.54) is 0 Å². The summed E-state index contributed by atoms with van der Waals surface area (Å²) in [4.78, 5) is 25.0. The molecule has 2 N–H and O–H groups in total. The van der Waals surface area contributed by atoms with Gasteiger partial charge in [-0.05, 0) is 61.6 Å². The molecular formula is C22H23ClN2O3. The van der Waals surface area contributed by atoms with E-state index in [4.69, 9.17) is 16.3 Å². The molecule has 6 heteroatoms. The average molecular weight is 399 g/mol. The molecule has 2 aliphatic rings. The van der Waals surface area contributed by atoms with Crippen molar-refractivity contribution in [3.8, 4) is 0 Å². The molecule has 1 aliphatic carbocycles. The molecule has 1 atom stereocenters. The Morgan fingerprint density at radius 2 is 1.93 bits per heavy atom. The monoisotopic (exact) mass is 398 g/mol. The van der Waals surface area contributed by atoms with Crippen LogP contribution in [0.25, 0.3) is 0 Å². The molecule has 1 saturated heterocycles. The van der Waals surface area contributed by atoms with Gasteiger partial charge in [0.25, 0.3) is 5.91 Å². The highest BCUT2D eigenvalue weighted by molar-refractivity contribution is 6.31. The lowest BCUT2D eigenvalue weighted by Gasteiger charge is -2.18. The van der Waals surface area contributed by atoms with Gasteiger partial charge in [-0.1, -0.05) is 29.8 Å². The molecule has 0 bridgehead atoms. The molecule has 28 heavy (non-hydrogen) atoms. The van der Waals surface area contributed by atoms with Crippen molar-refractivity contribution in [1.82, 2.24) is 5.32 Å². The van der Waals surface area contributed by atoms with Crippen LogP contribution in [0, 0.1) is 0 Å². The third-order valence-corrected chi connectivity index (χ3v) is 5.72. The van der Waals surface area contributed by atoms with Gasteiger partial charge < -0.3 is 15.4 Å². The number of nitrogens with one attached hydrogen (secondary N) is 2. The first-order valence-corrected chi connectivity index (χ1v) is 10.0. The normalized spacial score (nSPS) is 19.8. The highest BCUT2D eigenvalue weighted by atomic mass is 35.5. The molecule has 4 rings (SSSR count). The molecule has 5 nitrogen and oxygen atoms in total. The summed E-state index contributed by atoms with van der Waals surface area (Å²) >= 11 is 5.94. The molecule has 1 saturated carbocycles. The van der Waals surface area contributed by atoms with E-state index in [1.54, 1.807) is 24.3 Å². The van der Waals surface area contributed by atoms with Gasteiger partial charge in [-0.15, -0.1) is 0 Å². The third-order valence-electron chi connectivity index (χ3n) is 5.48. The highest BCUT2D eigenvalue weighted by Crippen LogP contribution is 2.48. The maximum atomic E-state index is 12.7. The Labute approximate surface area is 169 Å². The molecule has 2 aromatic carbocycles. The lowest BCUT2D eigenvalue weighted by Crippen LogP contribution is -2.39. The number of hydrogen-bond acceptors (Lipinski definition) is 3. The fraction of sp³-hybridized carbons (Fsp3) is 0.364. The second kappa shape index (κ2) is 7.94. The second-order valence-electron chi connectivity index (χ2n) is 7.47. The number of ether oxygens (including phenoxy) is 1. The summed E-state index contributed by atoms with van der Waals surface area (Å²) in [7, 11) is 0. The quantitative estimate of drug-likeness (QED) is 0.775. The predicted octanol–water partition coefficient (Wildman–Crippen LogP) is 3.92. The number of amides is 2. The average Bonchev–Trinajstić information content (AvgIpc) is 3.35. The van der Waals surface area contributed by atoms with Gasteiger partial charge in [-0.25, -0.2) is 0 Å². The minimum Gasteiger partial charge on any atom is -0.376 e. The van der Waals surface area contributed by atoms with Crippen molar-refractivity contribution in [2.75, 3.05) is 18.5 Å². The van der Waals surface area contributed by atoms with E-state index < -0.39 is 5.41 Å². The minimum atomic E-state index is -0.436. The summed E-state index contributed by atoms with van der Waals surface area (Å²) in [5.41, 5.74) is 1.74. The van der Waals surface area contributed by atoms with Crippen molar-refractivity contribution in [3.05, 3.63) is 64.7 Å². The van der Waals surface area contributed by atoms with Crippen molar-refractivity contribution in [2.24, 2.45) is 0 Å². The van der Waals surface area contributed by atoms with Crippen molar-refractivity contribution in [3.63, 3.8) is 0 Å². The first-order chi connectivity index (χ1) is 13.6. The number of anilines is 1. The van der Waals surface area contributed by atoms with E-state index in [-0.39, 0.29) is 17.9 Å². The van der Waals surface area contributed by atoms with Gasteiger partial charge in [0.1, 0.15) is 0 Å².